The molecule has 13 aromatic rings. The summed E-state index contributed by atoms with van der Waals surface area (Å²) in [6, 6.07) is 32.7. The van der Waals surface area contributed by atoms with E-state index >= 15 is 0 Å². The van der Waals surface area contributed by atoms with Gasteiger partial charge in [0.2, 0.25) is 0 Å². The molecule has 2 aliphatic heterocycles. The van der Waals surface area contributed by atoms with Crippen LogP contribution in [0.15, 0.2) is 122 Å². The second kappa shape index (κ2) is 36.8. The maximum absolute atomic E-state index is 12.2. The molecule has 8 N–H and O–H groups in total. The van der Waals surface area contributed by atoms with Crippen LogP contribution in [0.1, 0.15) is 139 Å². The molecule has 0 radical (unpaired) electrons. The molecule has 0 spiro atoms. The molecule has 10 heterocycles. The summed E-state index contributed by atoms with van der Waals surface area (Å²) in [4.78, 5) is 105. The number of hydrogen-bond donors (Lipinski definition) is 8. The van der Waals surface area contributed by atoms with Crippen molar-refractivity contribution >= 4 is 141 Å². The zero-order valence-electron chi connectivity index (χ0n) is 66.7. The number of nitrogens with one attached hydrogen (secondary N) is 8. The number of anilines is 5. The Morgan fingerprint density at radius 2 is 0.767 bits per heavy atom. The van der Waals surface area contributed by atoms with Crippen LogP contribution in [-0.4, -0.2) is 235 Å². The summed E-state index contributed by atoms with van der Waals surface area (Å²) >= 11 is 0. The van der Waals surface area contributed by atoms with Crippen molar-refractivity contribution in [2.45, 2.75) is 134 Å². The second-order valence-corrected chi connectivity index (χ2v) is 30.0. The number of esters is 4. The highest BCUT2D eigenvalue weighted by Crippen LogP contribution is 2.38. The number of fused-ring (bicyclic) bond motifs is 12. The van der Waals surface area contributed by atoms with Gasteiger partial charge in [0.25, 0.3) is 0 Å². The van der Waals surface area contributed by atoms with E-state index in [0.29, 0.717) is 89.8 Å². The molecule has 0 bridgehead atoms. The molecule has 5 aromatic carbocycles. The standard InChI is InChI=1S/C23H29N5O3.C22H27N5O3.C21H27N5O2.C20H18N4O3/c1-2-31-23(29)15-3-8-19-18(13-15)20-21(24-14-25-22(20)27-19)26-16-4-6-17(7-5-16)28-9-11-30-12-10-28;1-29-22(28)14-2-7-17-18(12-14)26-21-19(17)20(23-13-24-21)25-15-3-5-16(6-4-15)27-8-10-30-11-9-27;1-4-28-21(27)13-5-10-17-16(11-13)18-19(22-12-23-20(18)25-17)24-14-6-8-15(9-7-14)26(2)3;1-3-27-20(25)12-4-9-16-15(10-12)17-18(21-11-22-19(17)24-16)23-13-5-7-14(26-2)8-6-13/h3,8,13-14,16-17H,2,4-7,9-12H2,1H3,(H2,24,25,26,27);2,7,12-13,15-16H,3-6,8-11H2,1H3,(H2,23,24,25,26);5,10-12,14-15H,4,6-9H2,1-3H3,(H2,22,23,24,25);4-11H,3H2,1-2H3,(H2,21,22,23,24). The maximum Gasteiger partial charge on any atom is 0.338 e. The summed E-state index contributed by atoms with van der Waals surface area (Å²) < 4.78 is 36.4. The first-order chi connectivity index (χ1) is 56.7. The summed E-state index contributed by atoms with van der Waals surface area (Å²) in [5.41, 5.74) is 9.55. The molecule has 8 aromatic heterocycles. The highest BCUT2D eigenvalue weighted by molar-refractivity contribution is 6.16. The van der Waals surface area contributed by atoms with E-state index in [2.05, 4.69) is 110 Å². The number of aromatic amines is 4. The average Bonchev–Trinajstić information content (AvgIpc) is 1.63. The minimum absolute atomic E-state index is 0.313. The molecule has 30 nitrogen and oxygen atoms in total. The fourth-order valence-electron chi connectivity index (χ4n) is 16.8. The number of carbonyl (C=O) groups excluding carboxylic acids is 4. The van der Waals surface area contributed by atoms with E-state index in [-0.39, 0.29) is 23.9 Å². The molecule has 0 amide bonds. The Morgan fingerprint density at radius 1 is 0.414 bits per heavy atom. The molecule has 18 rings (SSSR count). The van der Waals surface area contributed by atoms with Gasteiger partial charge in [-0.1, -0.05) is 6.07 Å². The quantitative estimate of drug-likeness (QED) is 0.0275. The third-order valence-electron chi connectivity index (χ3n) is 22.8. The lowest BCUT2D eigenvalue weighted by Crippen LogP contribution is -2.46. The Morgan fingerprint density at radius 3 is 1.15 bits per heavy atom. The van der Waals surface area contributed by atoms with Gasteiger partial charge in [-0.05, 0) is 203 Å². The Labute approximate surface area is 670 Å². The largest absolute Gasteiger partial charge is 0.497 e. The van der Waals surface area contributed by atoms with Gasteiger partial charge in [0, 0.05) is 112 Å². The Bertz CT molecular complexity index is 5600. The van der Waals surface area contributed by atoms with Crippen molar-refractivity contribution in [3.63, 3.8) is 0 Å². The number of methoxy groups -OCH3 is 2. The lowest BCUT2D eigenvalue weighted by molar-refractivity contribution is 0.00788. The minimum Gasteiger partial charge on any atom is -0.497 e. The Kier molecular flexibility index (Phi) is 25.3. The van der Waals surface area contributed by atoms with E-state index in [9.17, 15) is 19.2 Å². The number of carbonyl (C=O) groups is 4. The normalized spacial score (nSPS) is 19.3. The van der Waals surface area contributed by atoms with Crippen molar-refractivity contribution in [2.75, 3.05) is 122 Å². The molecular formula is C86H101N19O11. The van der Waals surface area contributed by atoms with Crippen LogP contribution >= 0.6 is 0 Å². The smallest absolute Gasteiger partial charge is 0.338 e. The van der Waals surface area contributed by atoms with Gasteiger partial charge in [-0.3, -0.25) is 9.80 Å². The fraction of sp³-hybridized carbons (Fsp3) is 0.419. The number of ether oxygens (including phenoxy) is 7. The lowest BCUT2D eigenvalue weighted by Gasteiger charge is -2.39. The molecule has 5 fully saturated rings. The van der Waals surface area contributed by atoms with E-state index in [4.69, 9.17) is 33.2 Å². The minimum atomic E-state index is -0.352. The fourth-order valence-corrected chi connectivity index (χ4v) is 16.8. The van der Waals surface area contributed by atoms with Gasteiger partial charge in [-0.25, -0.2) is 59.0 Å². The summed E-state index contributed by atoms with van der Waals surface area (Å²) in [6.45, 7) is 14.1. The molecule has 606 valence electrons. The van der Waals surface area contributed by atoms with Gasteiger partial charge in [0.15, 0.2) is 0 Å². The van der Waals surface area contributed by atoms with E-state index in [0.717, 1.165) is 202 Å². The predicted molar refractivity (Wildman–Crippen MR) is 449 cm³/mol. The molecular weight excluding hydrogens is 1480 g/mol. The van der Waals surface area contributed by atoms with Crippen LogP contribution in [0.3, 0.4) is 0 Å². The average molecular weight is 1580 g/mol. The molecule has 3 saturated carbocycles. The highest BCUT2D eigenvalue weighted by atomic mass is 16.5. The number of benzene rings is 5. The first kappa shape index (κ1) is 79.5. The van der Waals surface area contributed by atoms with Crippen LogP contribution in [-0.2, 0) is 28.4 Å². The highest BCUT2D eigenvalue weighted by Gasteiger charge is 2.31. The third-order valence-corrected chi connectivity index (χ3v) is 22.8. The van der Waals surface area contributed by atoms with Crippen molar-refractivity contribution < 1.29 is 52.3 Å². The predicted octanol–water partition coefficient (Wildman–Crippen LogP) is 13.9. The van der Waals surface area contributed by atoms with Gasteiger partial charge in [0.1, 0.15) is 76.9 Å². The Hall–Kier alpha value is -11.7. The monoisotopic (exact) mass is 1580 g/mol. The van der Waals surface area contributed by atoms with E-state index in [1.807, 2.05) is 74.5 Å². The number of rotatable bonds is 19. The van der Waals surface area contributed by atoms with Gasteiger partial charge >= 0.3 is 23.9 Å². The number of nitrogens with zero attached hydrogens (tertiary/aromatic N) is 11. The zero-order chi connectivity index (χ0) is 80.2. The van der Waals surface area contributed by atoms with Gasteiger partial charge in [0.05, 0.1) is 104 Å². The molecule has 5 aliphatic rings. The molecule has 0 atom stereocenters. The lowest BCUT2D eigenvalue weighted by atomic mass is 9.90. The number of hydrogen-bond acceptors (Lipinski definition) is 26. The molecule has 0 unspecified atom stereocenters. The molecule has 116 heavy (non-hydrogen) atoms. The van der Waals surface area contributed by atoms with Crippen LogP contribution in [0, 0.1) is 0 Å². The topological polar surface area (TPSA) is 357 Å². The summed E-state index contributed by atoms with van der Waals surface area (Å²) in [6.07, 6.45) is 20.1. The van der Waals surface area contributed by atoms with Crippen LogP contribution in [0.5, 0.6) is 5.75 Å². The summed E-state index contributed by atoms with van der Waals surface area (Å²) in [5, 5.41) is 21.6. The van der Waals surface area contributed by atoms with Gasteiger partial charge in [-0.15, -0.1) is 0 Å². The number of morpholine rings is 2. The third kappa shape index (κ3) is 18.0. The molecule has 2 saturated heterocycles. The van der Waals surface area contributed by atoms with Crippen molar-refractivity contribution in [1.82, 2.24) is 74.5 Å². The second-order valence-electron chi connectivity index (χ2n) is 30.0. The molecule has 3 aliphatic carbocycles. The van der Waals surface area contributed by atoms with Crippen molar-refractivity contribution in [1.29, 1.82) is 0 Å². The van der Waals surface area contributed by atoms with E-state index < -0.39 is 0 Å². The first-order valence-corrected chi connectivity index (χ1v) is 40.4. The maximum atomic E-state index is 12.2. The van der Waals surface area contributed by atoms with Gasteiger partial charge < -0.3 is 79.3 Å². The number of aromatic nitrogens is 12. The SMILES string of the molecule is CCOC(=O)c1ccc2[nH]c3ncnc(NC4CCC(N(C)C)CC4)c3c2c1.CCOC(=O)c1ccc2[nH]c3ncnc(NC4CCC(N5CCOCC5)CC4)c3c2c1.CCOC(=O)c1ccc2[nH]c3ncnc(Nc4ccc(OC)cc4)c3c2c1.COC(=O)c1ccc2c(c1)[nH]c1ncnc(NC3CCC(N4CCOCC4)CC3)c12. The van der Waals surface area contributed by atoms with Crippen molar-refractivity contribution in [2.24, 2.45) is 0 Å². The van der Waals surface area contributed by atoms with Crippen LogP contribution in [0.2, 0.25) is 0 Å². The van der Waals surface area contributed by atoms with Crippen molar-refractivity contribution in [3.05, 3.63) is 145 Å². The van der Waals surface area contributed by atoms with Crippen LogP contribution < -0.4 is 26.0 Å². The van der Waals surface area contributed by atoms with Crippen LogP contribution in [0.4, 0.5) is 29.0 Å². The van der Waals surface area contributed by atoms with E-state index in [1.165, 1.54) is 52.0 Å². The van der Waals surface area contributed by atoms with Crippen molar-refractivity contribution in [3.8, 4) is 5.75 Å². The number of H-pyrrole nitrogens is 4. The van der Waals surface area contributed by atoms with E-state index in [1.54, 1.807) is 69.4 Å². The molecule has 30 heteroatoms. The van der Waals surface area contributed by atoms with Gasteiger partial charge in [-0.2, -0.15) is 0 Å². The summed E-state index contributed by atoms with van der Waals surface area (Å²) in [7, 11) is 7.32. The first-order valence-electron chi connectivity index (χ1n) is 40.4. The summed E-state index contributed by atoms with van der Waals surface area (Å²) in [5.74, 6) is 2.60. The zero-order valence-corrected chi connectivity index (χ0v) is 66.7. The Balaban J connectivity index is 0.000000122. The van der Waals surface area contributed by atoms with Crippen LogP contribution in [0.25, 0.3) is 87.7 Å².